The van der Waals surface area contributed by atoms with E-state index in [0.717, 1.165) is 38.4 Å². The molecule has 0 bridgehead atoms. The lowest BCUT2D eigenvalue weighted by Crippen LogP contribution is -2.28. The zero-order valence-corrected chi connectivity index (χ0v) is 10.1. The van der Waals surface area contributed by atoms with E-state index in [4.69, 9.17) is 0 Å². The van der Waals surface area contributed by atoms with Crippen LogP contribution in [0.2, 0.25) is 0 Å². The van der Waals surface area contributed by atoms with Crippen molar-refractivity contribution in [3.8, 4) is 11.3 Å². The molecule has 3 heterocycles. The summed E-state index contributed by atoms with van der Waals surface area (Å²) in [5.74, 6) is 1.12. The van der Waals surface area contributed by atoms with Crippen LogP contribution in [0.1, 0.15) is 19.2 Å². The molecule has 5 heteroatoms. The van der Waals surface area contributed by atoms with Gasteiger partial charge >= 0.3 is 0 Å². The van der Waals surface area contributed by atoms with Crippen molar-refractivity contribution in [2.24, 2.45) is 0 Å². The van der Waals surface area contributed by atoms with Crippen molar-refractivity contribution < 1.29 is 0 Å². The molecule has 0 radical (unpaired) electrons. The Labute approximate surface area is 100 Å². The van der Waals surface area contributed by atoms with Gasteiger partial charge in [-0.1, -0.05) is 6.92 Å². The molecule has 2 aromatic heterocycles. The van der Waals surface area contributed by atoms with Gasteiger partial charge in [0.15, 0.2) is 0 Å². The first-order chi connectivity index (χ1) is 8.38. The van der Waals surface area contributed by atoms with Crippen LogP contribution in [0.3, 0.4) is 0 Å². The molecule has 0 saturated carbocycles. The molecule has 5 nitrogen and oxygen atoms in total. The maximum Gasteiger partial charge on any atom is 0.123 e. The number of imidazole rings is 1. The van der Waals surface area contributed by atoms with Crippen LogP contribution in [0, 0.1) is 0 Å². The molecular formula is C12H17N5. The van der Waals surface area contributed by atoms with E-state index < -0.39 is 0 Å². The van der Waals surface area contributed by atoms with Crippen molar-refractivity contribution in [2.75, 3.05) is 6.54 Å². The number of fused-ring (bicyclic) bond motifs is 1. The average molecular weight is 231 g/mol. The van der Waals surface area contributed by atoms with Crippen molar-refractivity contribution in [3.63, 3.8) is 0 Å². The Morgan fingerprint density at radius 3 is 3.24 bits per heavy atom. The van der Waals surface area contributed by atoms with E-state index in [-0.39, 0.29) is 0 Å². The molecule has 0 saturated heterocycles. The first kappa shape index (κ1) is 10.5. The minimum Gasteiger partial charge on any atom is -0.326 e. The minimum absolute atomic E-state index is 0.864. The predicted octanol–water partition coefficient (Wildman–Crippen LogP) is 1.26. The number of nitrogens with one attached hydrogen (secondary N) is 1. The molecule has 2 aromatic rings. The van der Waals surface area contributed by atoms with Gasteiger partial charge in [0.2, 0.25) is 0 Å². The van der Waals surface area contributed by atoms with Gasteiger partial charge in [0.1, 0.15) is 5.82 Å². The summed E-state index contributed by atoms with van der Waals surface area (Å²) in [6.07, 6.45) is 7.10. The third-order valence-corrected chi connectivity index (χ3v) is 3.12. The molecule has 90 valence electrons. The Kier molecular flexibility index (Phi) is 2.68. The molecule has 0 amide bonds. The lowest BCUT2D eigenvalue weighted by molar-refractivity contribution is 0.508. The van der Waals surface area contributed by atoms with Crippen LogP contribution in [-0.4, -0.2) is 25.9 Å². The monoisotopic (exact) mass is 231 g/mol. The Balaban J connectivity index is 1.94. The van der Waals surface area contributed by atoms with Gasteiger partial charge in [-0.05, 0) is 6.42 Å². The summed E-state index contributed by atoms with van der Waals surface area (Å²) in [6.45, 7) is 6.00. The van der Waals surface area contributed by atoms with Crippen LogP contribution in [0.5, 0.6) is 0 Å². The summed E-state index contributed by atoms with van der Waals surface area (Å²) in [7, 11) is 0. The van der Waals surface area contributed by atoms with Gasteiger partial charge in [-0.15, -0.1) is 0 Å². The molecule has 0 spiro atoms. The van der Waals surface area contributed by atoms with E-state index in [1.807, 2.05) is 17.1 Å². The van der Waals surface area contributed by atoms with Crippen LogP contribution < -0.4 is 5.32 Å². The number of hydrogen-bond donors (Lipinski definition) is 1. The SMILES string of the molecule is CCCn1cc(-c2cnc3n2CCNC3)cn1. The molecule has 17 heavy (non-hydrogen) atoms. The highest BCUT2D eigenvalue weighted by atomic mass is 15.3. The average Bonchev–Trinajstić information content (AvgIpc) is 2.95. The number of aryl methyl sites for hydroxylation is 1. The molecule has 3 rings (SSSR count). The fourth-order valence-corrected chi connectivity index (χ4v) is 2.27. The van der Waals surface area contributed by atoms with Crippen molar-refractivity contribution in [1.82, 2.24) is 24.6 Å². The highest BCUT2D eigenvalue weighted by Gasteiger charge is 2.15. The maximum absolute atomic E-state index is 4.45. The Morgan fingerprint density at radius 1 is 1.41 bits per heavy atom. The normalized spacial score (nSPS) is 14.9. The second-order valence-corrected chi connectivity index (χ2v) is 4.38. The quantitative estimate of drug-likeness (QED) is 0.865. The molecular weight excluding hydrogens is 214 g/mol. The minimum atomic E-state index is 0.864. The maximum atomic E-state index is 4.45. The number of nitrogens with zero attached hydrogens (tertiary/aromatic N) is 4. The molecule has 1 aliphatic heterocycles. The van der Waals surface area contributed by atoms with Crippen molar-refractivity contribution >= 4 is 0 Å². The van der Waals surface area contributed by atoms with Crippen molar-refractivity contribution in [2.45, 2.75) is 33.0 Å². The molecule has 0 atom stereocenters. The van der Waals surface area contributed by atoms with E-state index in [1.54, 1.807) is 0 Å². The highest BCUT2D eigenvalue weighted by Crippen LogP contribution is 2.21. The summed E-state index contributed by atoms with van der Waals surface area (Å²) < 4.78 is 4.28. The third kappa shape index (κ3) is 1.86. The van der Waals surface area contributed by atoms with Gasteiger partial charge in [0, 0.05) is 31.4 Å². The van der Waals surface area contributed by atoms with Crippen LogP contribution in [0.25, 0.3) is 11.3 Å². The van der Waals surface area contributed by atoms with E-state index in [9.17, 15) is 0 Å². The fourth-order valence-electron chi connectivity index (χ4n) is 2.27. The summed E-state index contributed by atoms with van der Waals surface area (Å²) in [5.41, 5.74) is 2.35. The topological polar surface area (TPSA) is 47.7 Å². The Morgan fingerprint density at radius 2 is 2.35 bits per heavy atom. The second kappa shape index (κ2) is 4.33. The van der Waals surface area contributed by atoms with E-state index in [0.29, 0.717) is 0 Å². The van der Waals surface area contributed by atoms with E-state index in [2.05, 4.69) is 33.1 Å². The highest BCUT2D eigenvalue weighted by molar-refractivity contribution is 5.57. The van der Waals surface area contributed by atoms with E-state index >= 15 is 0 Å². The van der Waals surface area contributed by atoms with Crippen molar-refractivity contribution in [3.05, 3.63) is 24.4 Å². The summed E-state index contributed by atoms with van der Waals surface area (Å²) in [6, 6.07) is 0. The van der Waals surface area contributed by atoms with Gasteiger partial charge in [0.05, 0.1) is 24.6 Å². The van der Waals surface area contributed by atoms with Gasteiger partial charge in [0.25, 0.3) is 0 Å². The standard InChI is InChI=1S/C12H17N5/c1-2-4-16-9-10(6-15-16)11-7-14-12-8-13-3-5-17(11)12/h6-7,9,13H,2-5,8H2,1H3. The predicted molar refractivity (Wildman–Crippen MR) is 65.4 cm³/mol. The summed E-state index contributed by atoms with van der Waals surface area (Å²) in [5, 5.41) is 7.70. The molecule has 0 aromatic carbocycles. The van der Waals surface area contributed by atoms with Crippen LogP contribution >= 0.6 is 0 Å². The zero-order chi connectivity index (χ0) is 11.7. The Hall–Kier alpha value is -1.62. The first-order valence-corrected chi connectivity index (χ1v) is 6.16. The van der Waals surface area contributed by atoms with E-state index in [1.165, 1.54) is 11.3 Å². The van der Waals surface area contributed by atoms with Gasteiger partial charge in [-0.2, -0.15) is 5.10 Å². The van der Waals surface area contributed by atoms with Crippen LogP contribution in [0.4, 0.5) is 0 Å². The largest absolute Gasteiger partial charge is 0.326 e. The molecule has 1 aliphatic rings. The molecule has 1 N–H and O–H groups in total. The van der Waals surface area contributed by atoms with Crippen LogP contribution in [-0.2, 0) is 19.6 Å². The zero-order valence-electron chi connectivity index (χ0n) is 10.1. The Bertz CT molecular complexity index is 511. The summed E-state index contributed by atoms with van der Waals surface area (Å²) >= 11 is 0. The molecule has 0 fully saturated rings. The van der Waals surface area contributed by atoms with Gasteiger partial charge < -0.3 is 9.88 Å². The molecule has 0 aliphatic carbocycles. The second-order valence-electron chi connectivity index (χ2n) is 4.38. The van der Waals surface area contributed by atoms with Crippen molar-refractivity contribution in [1.29, 1.82) is 0 Å². The van der Waals surface area contributed by atoms with Gasteiger partial charge in [-0.25, -0.2) is 4.98 Å². The fraction of sp³-hybridized carbons (Fsp3) is 0.500. The lowest BCUT2D eigenvalue weighted by atomic mass is 10.2. The number of aromatic nitrogens is 4. The lowest BCUT2D eigenvalue weighted by Gasteiger charge is -2.16. The van der Waals surface area contributed by atoms with Crippen LogP contribution in [0.15, 0.2) is 18.6 Å². The third-order valence-electron chi connectivity index (χ3n) is 3.12. The first-order valence-electron chi connectivity index (χ1n) is 6.16. The molecule has 0 unspecified atom stereocenters. The summed E-state index contributed by atoms with van der Waals surface area (Å²) in [4.78, 5) is 4.45. The van der Waals surface area contributed by atoms with Gasteiger partial charge in [-0.3, -0.25) is 4.68 Å². The number of rotatable bonds is 3. The smallest absolute Gasteiger partial charge is 0.123 e. The number of hydrogen-bond acceptors (Lipinski definition) is 3.